The molecule has 0 spiro atoms. The first-order valence-electron chi connectivity index (χ1n) is 5.84. The van der Waals surface area contributed by atoms with Crippen molar-refractivity contribution in [2.24, 2.45) is 5.92 Å². The van der Waals surface area contributed by atoms with Crippen molar-refractivity contribution in [1.29, 1.82) is 0 Å². The lowest BCUT2D eigenvalue weighted by Gasteiger charge is -2.35. The summed E-state index contributed by atoms with van der Waals surface area (Å²) in [4.78, 5) is 11.9. The molecule has 3 unspecified atom stereocenters. The first-order valence-corrected chi connectivity index (χ1v) is 7.24. The fourth-order valence-electron chi connectivity index (χ4n) is 1.83. The van der Waals surface area contributed by atoms with Gasteiger partial charge in [-0.15, -0.1) is 0 Å². The SMILES string of the molecule is C=C1NC(C(C)CC)C(=O)NC1CCSC. The van der Waals surface area contributed by atoms with Crippen LogP contribution in [0.2, 0.25) is 0 Å². The third-order valence-corrected chi connectivity index (χ3v) is 3.83. The lowest BCUT2D eigenvalue weighted by molar-refractivity contribution is -0.125. The van der Waals surface area contributed by atoms with Gasteiger partial charge in [0, 0.05) is 5.70 Å². The van der Waals surface area contributed by atoms with Gasteiger partial charge in [-0.3, -0.25) is 4.79 Å². The minimum atomic E-state index is -0.108. The Hall–Kier alpha value is -0.640. The van der Waals surface area contributed by atoms with E-state index in [0.717, 1.165) is 24.3 Å². The predicted octanol–water partition coefficient (Wildman–Crippen LogP) is 1.76. The zero-order valence-corrected chi connectivity index (χ0v) is 11.2. The molecule has 0 aromatic rings. The molecule has 1 aliphatic heterocycles. The van der Waals surface area contributed by atoms with E-state index < -0.39 is 0 Å². The van der Waals surface area contributed by atoms with Crippen LogP contribution in [0.15, 0.2) is 12.3 Å². The summed E-state index contributed by atoms with van der Waals surface area (Å²) >= 11 is 1.79. The minimum Gasteiger partial charge on any atom is -0.376 e. The number of nitrogens with one attached hydrogen (secondary N) is 2. The van der Waals surface area contributed by atoms with Gasteiger partial charge in [-0.05, 0) is 24.3 Å². The van der Waals surface area contributed by atoms with E-state index in [1.54, 1.807) is 11.8 Å². The molecule has 0 aromatic heterocycles. The normalized spacial score (nSPS) is 27.2. The number of hydrogen-bond acceptors (Lipinski definition) is 3. The molecule has 3 nitrogen and oxygen atoms in total. The summed E-state index contributed by atoms with van der Waals surface area (Å²) in [6.07, 6.45) is 4.02. The van der Waals surface area contributed by atoms with E-state index in [2.05, 4.69) is 37.3 Å². The molecule has 1 amide bonds. The molecule has 3 atom stereocenters. The molecule has 1 aliphatic rings. The van der Waals surface area contributed by atoms with Crippen molar-refractivity contribution in [1.82, 2.24) is 10.6 Å². The number of amides is 1. The van der Waals surface area contributed by atoms with Crippen molar-refractivity contribution in [3.8, 4) is 0 Å². The van der Waals surface area contributed by atoms with Crippen LogP contribution in [0.4, 0.5) is 0 Å². The van der Waals surface area contributed by atoms with Gasteiger partial charge in [0.25, 0.3) is 0 Å². The van der Waals surface area contributed by atoms with Gasteiger partial charge in [0.1, 0.15) is 6.04 Å². The molecule has 4 heteroatoms. The molecule has 1 saturated heterocycles. The zero-order chi connectivity index (χ0) is 12.1. The van der Waals surface area contributed by atoms with E-state index in [-0.39, 0.29) is 18.0 Å². The maximum Gasteiger partial charge on any atom is 0.243 e. The van der Waals surface area contributed by atoms with Crippen molar-refractivity contribution < 1.29 is 4.79 Å². The lowest BCUT2D eigenvalue weighted by atomic mass is 9.94. The Morgan fingerprint density at radius 3 is 2.75 bits per heavy atom. The van der Waals surface area contributed by atoms with Gasteiger partial charge in [-0.25, -0.2) is 0 Å². The van der Waals surface area contributed by atoms with E-state index in [1.165, 1.54) is 0 Å². The topological polar surface area (TPSA) is 41.1 Å². The van der Waals surface area contributed by atoms with Crippen LogP contribution in [-0.4, -0.2) is 30.0 Å². The standard InChI is InChI=1S/C12H22N2OS/c1-5-8(2)11-12(15)14-10(6-7-16-4)9(3)13-11/h8,10-11,13H,3,5-7H2,1-2,4H3,(H,14,15). The molecule has 1 heterocycles. The number of carbonyl (C=O) groups is 1. The highest BCUT2D eigenvalue weighted by molar-refractivity contribution is 7.98. The fourth-order valence-corrected chi connectivity index (χ4v) is 2.30. The molecule has 0 radical (unpaired) electrons. The van der Waals surface area contributed by atoms with Crippen molar-refractivity contribution in [3.63, 3.8) is 0 Å². The maximum atomic E-state index is 11.9. The Kier molecular flexibility index (Phi) is 5.19. The number of piperazine rings is 1. The third-order valence-electron chi connectivity index (χ3n) is 3.18. The van der Waals surface area contributed by atoms with Gasteiger partial charge >= 0.3 is 0 Å². The van der Waals surface area contributed by atoms with Crippen LogP contribution in [0.5, 0.6) is 0 Å². The lowest BCUT2D eigenvalue weighted by Crippen LogP contribution is -2.58. The minimum absolute atomic E-state index is 0.0975. The van der Waals surface area contributed by atoms with E-state index in [1.807, 2.05) is 0 Å². The van der Waals surface area contributed by atoms with E-state index >= 15 is 0 Å². The highest BCUT2D eigenvalue weighted by Crippen LogP contribution is 2.17. The van der Waals surface area contributed by atoms with Crippen LogP contribution in [0.25, 0.3) is 0 Å². The van der Waals surface area contributed by atoms with Crippen LogP contribution >= 0.6 is 11.8 Å². The Bertz CT molecular complexity index is 268. The Balaban J connectivity index is 2.56. The highest BCUT2D eigenvalue weighted by atomic mass is 32.2. The van der Waals surface area contributed by atoms with Crippen LogP contribution < -0.4 is 10.6 Å². The molecule has 0 bridgehead atoms. The summed E-state index contributed by atoms with van der Waals surface area (Å²) < 4.78 is 0. The van der Waals surface area contributed by atoms with Crippen molar-refractivity contribution >= 4 is 17.7 Å². The molecule has 0 saturated carbocycles. The Morgan fingerprint density at radius 2 is 2.19 bits per heavy atom. The van der Waals surface area contributed by atoms with Crippen molar-refractivity contribution in [2.75, 3.05) is 12.0 Å². The molecule has 2 N–H and O–H groups in total. The number of thioether (sulfide) groups is 1. The van der Waals surface area contributed by atoms with E-state index in [4.69, 9.17) is 0 Å². The zero-order valence-electron chi connectivity index (χ0n) is 10.4. The molecule has 1 fully saturated rings. The second-order valence-electron chi connectivity index (χ2n) is 4.38. The largest absolute Gasteiger partial charge is 0.376 e. The first-order chi connectivity index (χ1) is 7.60. The third kappa shape index (κ3) is 3.17. The molecule has 92 valence electrons. The Morgan fingerprint density at radius 1 is 1.50 bits per heavy atom. The van der Waals surface area contributed by atoms with Gasteiger partial charge in [0.05, 0.1) is 6.04 Å². The summed E-state index contributed by atoms with van der Waals surface area (Å²) in [5.74, 6) is 1.51. The van der Waals surface area contributed by atoms with Crippen LogP contribution in [-0.2, 0) is 4.79 Å². The van der Waals surface area contributed by atoms with Crippen LogP contribution in [0, 0.1) is 5.92 Å². The number of rotatable bonds is 5. The van der Waals surface area contributed by atoms with Crippen LogP contribution in [0.1, 0.15) is 26.7 Å². The molecular formula is C12H22N2OS. The monoisotopic (exact) mass is 242 g/mol. The molecule has 0 aliphatic carbocycles. The van der Waals surface area contributed by atoms with Gasteiger partial charge in [0.2, 0.25) is 5.91 Å². The summed E-state index contributed by atoms with van der Waals surface area (Å²) in [6.45, 7) is 8.20. The Labute approximate surface area is 102 Å². The van der Waals surface area contributed by atoms with Crippen LogP contribution in [0.3, 0.4) is 0 Å². The van der Waals surface area contributed by atoms with E-state index in [9.17, 15) is 4.79 Å². The smallest absolute Gasteiger partial charge is 0.243 e. The fraction of sp³-hybridized carbons (Fsp3) is 0.750. The second-order valence-corrected chi connectivity index (χ2v) is 5.36. The van der Waals surface area contributed by atoms with Gasteiger partial charge in [0.15, 0.2) is 0 Å². The average molecular weight is 242 g/mol. The number of hydrogen-bond donors (Lipinski definition) is 2. The van der Waals surface area contributed by atoms with Crippen molar-refractivity contribution in [3.05, 3.63) is 12.3 Å². The summed E-state index contributed by atoms with van der Waals surface area (Å²) in [7, 11) is 0. The molecule has 16 heavy (non-hydrogen) atoms. The summed E-state index contributed by atoms with van der Waals surface area (Å²) in [5, 5.41) is 6.31. The maximum absolute atomic E-state index is 11.9. The van der Waals surface area contributed by atoms with Crippen molar-refractivity contribution in [2.45, 2.75) is 38.8 Å². The predicted molar refractivity (Wildman–Crippen MR) is 70.4 cm³/mol. The molecule has 0 aromatic carbocycles. The van der Waals surface area contributed by atoms with E-state index in [0.29, 0.717) is 5.92 Å². The first kappa shape index (κ1) is 13.4. The highest BCUT2D eigenvalue weighted by Gasteiger charge is 2.32. The second kappa shape index (κ2) is 6.18. The molecular weight excluding hydrogens is 220 g/mol. The van der Waals surface area contributed by atoms with Gasteiger partial charge in [-0.2, -0.15) is 11.8 Å². The quantitative estimate of drug-likeness (QED) is 0.772. The van der Waals surface area contributed by atoms with Gasteiger partial charge < -0.3 is 10.6 Å². The average Bonchev–Trinajstić information content (AvgIpc) is 2.28. The summed E-state index contributed by atoms with van der Waals surface area (Å²) in [6, 6.07) is -0.0108. The summed E-state index contributed by atoms with van der Waals surface area (Å²) in [5.41, 5.74) is 0.957. The molecule has 1 rings (SSSR count). The van der Waals surface area contributed by atoms with Gasteiger partial charge in [-0.1, -0.05) is 26.8 Å². The number of carbonyl (C=O) groups excluding carboxylic acids is 1.